The molecule has 0 aliphatic carbocycles. The number of halogens is 2. The summed E-state index contributed by atoms with van der Waals surface area (Å²) >= 11 is 9.22. The summed E-state index contributed by atoms with van der Waals surface area (Å²) in [5, 5.41) is 12.3. The Hall–Kier alpha value is -1.36. The Labute approximate surface area is 137 Å². The van der Waals surface area contributed by atoms with E-state index in [4.69, 9.17) is 16.7 Å². The SMILES string of the molecule is O=C(Nc1cccc(CCCO)c1)c1ccc(Cl)c(Br)c1. The maximum absolute atomic E-state index is 12.2. The second-order valence-electron chi connectivity index (χ2n) is 4.61. The molecule has 2 rings (SSSR count). The Morgan fingerprint density at radius 2 is 2.05 bits per heavy atom. The average Bonchev–Trinajstić information content (AvgIpc) is 2.48. The fraction of sp³-hybridized carbons (Fsp3) is 0.188. The largest absolute Gasteiger partial charge is 0.396 e. The monoisotopic (exact) mass is 367 g/mol. The standard InChI is InChI=1S/C16H15BrClNO2/c17-14-10-12(6-7-15(14)18)16(21)19-13-5-1-3-11(9-13)4-2-8-20/h1,3,5-7,9-10,20H,2,4,8H2,(H,19,21). The average molecular weight is 369 g/mol. The minimum absolute atomic E-state index is 0.162. The van der Waals surface area contributed by atoms with Crippen molar-refractivity contribution in [2.24, 2.45) is 0 Å². The lowest BCUT2D eigenvalue weighted by Crippen LogP contribution is -2.12. The lowest BCUT2D eigenvalue weighted by molar-refractivity contribution is 0.102. The maximum atomic E-state index is 12.2. The zero-order valence-corrected chi connectivity index (χ0v) is 13.6. The van der Waals surface area contributed by atoms with Gasteiger partial charge in [-0.1, -0.05) is 23.7 Å². The fourth-order valence-electron chi connectivity index (χ4n) is 1.93. The van der Waals surface area contributed by atoms with Crippen LogP contribution in [-0.4, -0.2) is 17.6 Å². The van der Waals surface area contributed by atoms with Gasteiger partial charge in [-0.25, -0.2) is 0 Å². The van der Waals surface area contributed by atoms with E-state index in [1.54, 1.807) is 18.2 Å². The number of amides is 1. The molecule has 2 N–H and O–H groups in total. The first-order chi connectivity index (χ1) is 10.1. The van der Waals surface area contributed by atoms with Gasteiger partial charge in [0.25, 0.3) is 5.91 Å². The quantitative estimate of drug-likeness (QED) is 0.827. The van der Waals surface area contributed by atoms with Crippen molar-refractivity contribution in [3.8, 4) is 0 Å². The van der Waals surface area contributed by atoms with Crippen LogP contribution in [0.2, 0.25) is 5.02 Å². The van der Waals surface area contributed by atoms with Gasteiger partial charge in [0.1, 0.15) is 0 Å². The summed E-state index contributed by atoms with van der Waals surface area (Å²) in [5.74, 6) is -0.188. The van der Waals surface area contributed by atoms with Crippen LogP contribution in [0.15, 0.2) is 46.9 Å². The van der Waals surface area contributed by atoms with Gasteiger partial charge in [-0.3, -0.25) is 4.79 Å². The van der Waals surface area contributed by atoms with Crippen LogP contribution in [0.5, 0.6) is 0 Å². The molecule has 21 heavy (non-hydrogen) atoms. The van der Waals surface area contributed by atoms with Crippen LogP contribution < -0.4 is 5.32 Å². The molecule has 0 spiro atoms. The van der Waals surface area contributed by atoms with Gasteiger partial charge in [-0.15, -0.1) is 0 Å². The highest BCUT2D eigenvalue weighted by atomic mass is 79.9. The first-order valence-electron chi connectivity index (χ1n) is 6.56. The second-order valence-corrected chi connectivity index (χ2v) is 5.87. The Kier molecular flexibility index (Phi) is 5.79. The molecule has 0 bridgehead atoms. The van der Waals surface area contributed by atoms with Crippen molar-refractivity contribution in [1.29, 1.82) is 0 Å². The number of aliphatic hydroxyl groups is 1. The lowest BCUT2D eigenvalue weighted by Gasteiger charge is -2.08. The van der Waals surface area contributed by atoms with Gasteiger partial charge in [0.05, 0.1) is 5.02 Å². The van der Waals surface area contributed by atoms with E-state index >= 15 is 0 Å². The first kappa shape index (κ1) is 16.0. The number of nitrogens with one attached hydrogen (secondary N) is 1. The van der Waals surface area contributed by atoms with E-state index in [2.05, 4.69) is 21.2 Å². The van der Waals surface area contributed by atoms with Crippen molar-refractivity contribution in [3.05, 3.63) is 63.1 Å². The number of anilines is 1. The Morgan fingerprint density at radius 3 is 2.76 bits per heavy atom. The molecule has 3 nitrogen and oxygen atoms in total. The molecule has 0 saturated heterocycles. The molecule has 0 unspecified atom stereocenters. The van der Waals surface area contributed by atoms with E-state index in [-0.39, 0.29) is 12.5 Å². The summed E-state index contributed by atoms with van der Waals surface area (Å²) < 4.78 is 0.688. The van der Waals surface area contributed by atoms with E-state index in [1.165, 1.54) is 0 Å². The molecular formula is C16H15BrClNO2. The fourth-order valence-corrected chi connectivity index (χ4v) is 2.42. The Bertz CT molecular complexity index is 646. The number of hydrogen-bond donors (Lipinski definition) is 2. The number of carbonyl (C=O) groups excluding carboxylic acids is 1. The van der Waals surface area contributed by atoms with Crippen molar-refractivity contribution in [1.82, 2.24) is 0 Å². The van der Waals surface area contributed by atoms with Crippen LogP contribution in [0.1, 0.15) is 22.3 Å². The maximum Gasteiger partial charge on any atom is 0.255 e. The van der Waals surface area contributed by atoms with Crippen LogP contribution in [0.3, 0.4) is 0 Å². The zero-order chi connectivity index (χ0) is 15.2. The molecule has 0 atom stereocenters. The van der Waals surface area contributed by atoms with Crippen LogP contribution in [0.4, 0.5) is 5.69 Å². The molecule has 0 aromatic heterocycles. The van der Waals surface area contributed by atoms with E-state index in [0.717, 1.165) is 17.7 Å². The third kappa shape index (κ3) is 4.56. The topological polar surface area (TPSA) is 49.3 Å². The van der Waals surface area contributed by atoms with E-state index < -0.39 is 0 Å². The number of carbonyl (C=O) groups is 1. The number of aliphatic hydroxyl groups excluding tert-OH is 1. The van der Waals surface area contributed by atoms with Gasteiger partial charge in [-0.2, -0.15) is 0 Å². The van der Waals surface area contributed by atoms with Crippen LogP contribution in [0.25, 0.3) is 0 Å². The summed E-state index contributed by atoms with van der Waals surface area (Å²) in [7, 11) is 0. The third-order valence-electron chi connectivity index (χ3n) is 2.99. The van der Waals surface area contributed by atoms with Crippen molar-refractivity contribution >= 4 is 39.1 Å². The Morgan fingerprint density at radius 1 is 1.24 bits per heavy atom. The molecule has 0 aliphatic heterocycles. The van der Waals surface area contributed by atoms with Crippen LogP contribution in [0, 0.1) is 0 Å². The zero-order valence-electron chi connectivity index (χ0n) is 11.3. The normalized spacial score (nSPS) is 10.4. The van der Waals surface area contributed by atoms with Gasteiger partial charge < -0.3 is 10.4 Å². The molecule has 110 valence electrons. The number of rotatable bonds is 5. The lowest BCUT2D eigenvalue weighted by atomic mass is 10.1. The van der Waals surface area contributed by atoms with E-state index in [9.17, 15) is 4.79 Å². The molecule has 1 amide bonds. The smallest absolute Gasteiger partial charge is 0.255 e. The van der Waals surface area contributed by atoms with Crippen molar-refractivity contribution < 1.29 is 9.90 Å². The molecular weight excluding hydrogens is 354 g/mol. The molecule has 5 heteroatoms. The highest BCUT2D eigenvalue weighted by Gasteiger charge is 2.08. The number of aryl methyl sites for hydroxylation is 1. The molecule has 0 saturated carbocycles. The molecule has 0 radical (unpaired) electrons. The summed E-state index contributed by atoms with van der Waals surface area (Å²) in [6.45, 7) is 0.162. The molecule has 0 heterocycles. The summed E-state index contributed by atoms with van der Waals surface area (Å²) in [6.07, 6.45) is 1.49. The molecule has 0 fully saturated rings. The van der Waals surface area contributed by atoms with E-state index in [1.807, 2.05) is 24.3 Å². The molecule has 2 aromatic carbocycles. The molecule has 0 aliphatic rings. The van der Waals surface area contributed by atoms with Gasteiger partial charge in [-0.05, 0) is 64.7 Å². The third-order valence-corrected chi connectivity index (χ3v) is 4.20. The summed E-state index contributed by atoms with van der Waals surface area (Å²) in [5.41, 5.74) is 2.35. The summed E-state index contributed by atoms with van der Waals surface area (Å²) in [4.78, 5) is 12.2. The van der Waals surface area contributed by atoms with E-state index in [0.29, 0.717) is 21.5 Å². The second kappa shape index (κ2) is 7.59. The van der Waals surface area contributed by atoms with Crippen molar-refractivity contribution in [3.63, 3.8) is 0 Å². The van der Waals surface area contributed by atoms with Gasteiger partial charge in [0.2, 0.25) is 0 Å². The Balaban J connectivity index is 2.10. The number of benzene rings is 2. The van der Waals surface area contributed by atoms with Crippen LogP contribution in [-0.2, 0) is 6.42 Å². The van der Waals surface area contributed by atoms with Gasteiger partial charge in [0.15, 0.2) is 0 Å². The van der Waals surface area contributed by atoms with Crippen molar-refractivity contribution in [2.45, 2.75) is 12.8 Å². The van der Waals surface area contributed by atoms with Crippen molar-refractivity contribution in [2.75, 3.05) is 11.9 Å². The number of hydrogen-bond acceptors (Lipinski definition) is 2. The first-order valence-corrected chi connectivity index (χ1v) is 7.73. The summed E-state index contributed by atoms with van der Waals surface area (Å²) in [6, 6.07) is 12.7. The highest BCUT2D eigenvalue weighted by molar-refractivity contribution is 9.10. The van der Waals surface area contributed by atoms with Gasteiger partial charge >= 0.3 is 0 Å². The highest BCUT2D eigenvalue weighted by Crippen LogP contribution is 2.23. The molecule has 2 aromatic rings. The minimum Gasteiger partial charge on any atom is -0.396 e. The van der Waals surface area contributed by atoms with Crippen LogP contribution >= 0.6 is 27.5 Å². The van der Waals surface area contributed by atoms with Gasteiger partial charge in [0, 0.05) is 22.3 Å². The predicted molar refractivity (Wildman–Crippen MR) is 89.0 cm³/mol. The predicted octanol–water partition coefficient (Wildman–Crippen LogP) is 4.28. The minimum atomic E-state index is -0.188.